The van der Waals surface area contributed by atoms with Crippen LogP contribution < -0.4 is 10.1 Å². The van der Waals surface area contributed by atoms with Crippen LogP contribution in [-0.4, -0.2) is 85.7 Å². The van der Waals surface area contributed by atoms with Crippen LogP contribution >= 0.6 is 0 Å². The summed E-state index contributed by atoms with van der Waals surface area (Å²) in [6.45, 7) is 10.1. The molecule has 2 amide bonds. The van der Waals surface area contributed by atoms with Crippen LogP contribution in [0.2, 0.25) is 0 Å². The van der Waals surface area contributed by atoms with E-state index in [9.17, 15) is 9.59 Å². The first-order valence-electron chi connectivity index (χ1n) is 14.3. The van der Waals surface area contributed by atoms with Gasteiger partial charge in [0, 0.05) is 62.8 Å². The number of nitrogens with one attached hydrogen (secondary N) is 1. The zero-order valence-corrected chi connectivity index (χ0v) is 23.3. The molecule has 4 aliphatic rings. The number of likely N-dealkylation sites (tertiary alicyclic amines) is 2. The Morgan fingerprint density at radius 1 is 1.13 bits per heavy atom. The molecule has 6 rings (SSSR count). The van der Waals surface area contributed by atoms with Gasteiger partial charge in [-0.3, -0.25) is 14.5 Å². The van der Waals surface area contributed by atoms with E-state index in [2.05, 4.69) is 33.9 Å². The molecule has 1 aromatic heterocycles. The number of methoxy groups -OCH3 is 1. The van der Waals surface area contributed by atoms with Crippen molar-refractivity contribution in [3.63, 3.8) is 0 Å². The highest BCUT2D eigenvalue weighted by atomic mass is 16.5. The van der Waals surface area contributed by atoms with E-state index in [0.717, 1.165) is 69.9 Å². The van der Waals surface area contributed by atoms with E-state index in [-0.39, 0.29) is 28.6 Å². The number of rotatable bonds is 8. The van der Waals surface area contributed by atoms with Gasteiger partial charge in [0.1, 0.15) is 11.4 Å². The number of hydrogen-bond acceptors (Lipinski definition) is 6. The minimum atomic E-state index is -0.175. The summed E-state index contributed by atoms with van der Waals surface area (Å²) >= 11 is 0. The van der Waals surface area contributed by atoms with E-state index in [4.69, 9.17) is 9.47 Å². The Hall–Kier alpha value is -2.97. The first-order chi connectivity index (χ1) is 18.8. The van der Waals surface area contributed by atoms with Gasteiger partial charge < -0.3 is 19.7 Å². The van der Waals surface area contributed by atoms with Crippen molar-refractivity contribution in [3.8, 4) is 17.0 Å². The van der Waals surface area contributed by atoms with Crippen molar-refractivity contribution < 1.29 is 19.1 Å². The van der Waals surface area contributed by atoms with Gasteiger partial charge in [-0.2, -0.15) is 0 Å². The van der Waals surface area contributed by atoms with Crippen LogP contribution in [0.25, 0.3) is 11.3 Å². The largest absolute Gasteiger partial charge is 0.496 e. The van der Waals surface area contributed by atoms with Crippen molar-refractivity contribution in [2.24, 2.45) is 22.7 Å². The molecule has 4 fully saturated rings. The SMILES string of the molecule is COc1ccccc1-c1cccc(C(=O)NC[C@@H]2CN(CC3CCCO3)CC23CN(C(=O)[C@H]2CC2(C)C)C3)n1. The molecule has 4 heterocycles. The molecule has 39 heavy (non-hydrogen) atoms. The van der Waals surface area contributed by atoms with Crippen molar-refractivity contribution in [1.29, 1.82) is 0 Å². The zero-order valence-electron chi connectivity index (χ0n) is 23.3. The predicted molar refractivity (Wildman–Crippen MR) is 148 cm³/mol. The Morgan fingerprint density at radius 2 is 1.92 bits per heavy atom. The van der Waals surface area contributed by atoms with Crippen LogP contribution in [0.1, 0.15) is 43.6 Å². The molecule has 0 bridgehead atoms. The fourth-order valence-electron chi connectivity index (χ4n) is 6.85. The number of amides is 2. The van der Waals surface area contributed by atoms with Crippen molar-refractivity contribution >= 4 is 11.8 Å². The number of carbonyl (C=O) groups is 2. The molecule has 8 nitrogen and oxygen atoms in total. The molecule has 208 valence electrons. The van der Waals surface area contributed by atoms with E-state index in [1.54, 1.807) is 13.2 Å². The summed E-state index contributed by atoms with van der Waals surface area (Å²) < 4.78 is 11.4. The fourth-order valence-corrected chi connectivity index (χ4v) is 6.85. The molecule has 1 unspecified atom stereocenters. The maximum Gasteiger partial charge on any atom is 0.269 e. The number of pyridine rings is 1. The average Bonchev–Trinajstić information content (AvgIpc) is 3.25. The van der Waals surface area contributed by atoms with E-state index in [0.29, 0.717) is 29.9 Å². The Bertz CT molecular complexity index is 1230. The van der Waals surface area contributed by atoms with Gasteiger partial charge >= 0.3 is 0 Å². The number of nitrogens with zero attached hydrogens (tertiary/aromatic N) is 3. The highest BCUT2D eigenvalue weighted by molar-refractivity contribution is 5.93. The summed E-state index contributed by atoms with van der Waals surface area (Å²) in [6.07, 6.45) is 3.52. The van der Waals surface area contributed by atoms with Gasteiger partial charge in [0.15, 0.2) is 0 Å². The molecule has 3 saturated heterocycles. The zero-order chi connectivity index (χ0) is 27.2. The molecular formula is C31H40N4O4. The lowest BCUT2D eigenvalue weighted by molar-refractivity contribution is -0.147. The molecule has 8 heteroatoms. The fraction of sp³-hybridized carbons (Fsp3) is 0.581. The molecule has 3 aliphatic heterocycles. The number of aromatic nitrogens is 1. The van der Waals surface area contributed by atoms with Crippen LogP contribution in [0.4, 0.5) is 0 Å². The first kappa shape index (κ1) is 26.3. The van der Waals surface area contributed by atoms with Gasteiger partial charge in [-0.1, -0.05) is 32.0 Å². The molecule has 1 saturated carbocycles. The lowest BCUT2D eigenvalue weighted by Gasteiger charge is -2.51. The molecular weight excluding hydrogens is 492 g/mol. The van der Waals surface area contributed by atoms with E-state index >= 15 is 0 Å². The van der Waals surface area contributed by atoms with Crippen LogP contribution in [0.5, 0.6) is 5.75 Å². The molecule has 3 atom stereocenters. The number of benzene rings is 1. The van der Waals surface area contributed by atoms with Gasteiger partial charge in [-0.05, 0) is 54.9 Å². The van der Waals surface area contributed by atoms with Gasteiger partial charge in [0.05, 0.1) is 18.9 Å². The predicted octanol–water partition coefficient (Wildman–Crippen LogP) is 3.47. The Balaban J connectivity index is 1.13. The van der Waals surface area contributed by atoms with E-state index < -0.39 is 0 Å². The summed E-state index contributed by atoms with van der Waals surface area (Å²) in [5.41, 5.74) is 2.11. The minimum absolute atomic E-state index is 0.0211. The summed E-state index contributed by atoms with van der Waals surface area (Å²) in [4.78, 5) is 35.5. The van der Waals surface area contributed by atoms with Crippen LogP contribution in [0.15, 0.2) is 42.5 Å². The molecule has 0 radical (unpaired) electrons. The van der Waals surface area contributed by atoms with Crippen LogP contribution in [-0.2, 0) is 9.53 Å². The normalized spacial score (nSPS) is 26.8. The Labute approximate surface area is 231 Å². The van der Waals surface area contributed by atoms with Crippen LogP contribution in [0.3, 0.4) is 0 Å². The third-order valence-corrected chi connectivity index (χ3v) is 9.38. The van der Waals surface area contributed by atoms with Crippen molar-refractivity contribution in [2.75, 3.05) is 53.0 Å². The first-order valence-corrected chi connectivity index (χ1v) is 14.3. The number of para-hydroxylation sites is 1. The Kier molecular flexibility index (Phi) is 6.88. The highest BCUT2D eigenvalue weighted by Gasteiger charge is 2.59. The molecule has 1 aromatic carbocycles. The molecule has 1 N–H and O–H groups in total. The van der Waals surface area contributed by atoms with E-state index in [1.165, 1.54) is 0 Å². The number of hydrogen-bond donors (Lipinski definition) is 1. The Morgan fingerprint density at radius 3 is 2.64 bits per heavy atom. The second-order valence-electron chi connectivity index (χ2n) is 12.6. The summed E-state index contributed by atoms with van der Waals surface area (Å²) in [5.74, 6) is 1.30. The smallest absolute Gasteiger partial charge is 0.269 e. The average molecular weight is 533 g/mol. The summed E-state index contributed by atoms with van der Waals surface area (Å²) in [6, 6.07) is 13.2. The maximum atomic E-state index is 13.3. The quantitative estimate of drug-likeness (QED) is 0.561. The van der Waals surface area contributed by atoms with Crippen molar-refractivity contribution in [2.45, 2.75) is 39.2 Å². The third-order valence-electron chi connectivity index (χ3n) is 9.38. The second kappa shape index (κ2) is 10.2. The van der Waals surface area contributed by atoms with Crippen molar-refractivity contribution in [3.05, 3.63) is 48.2 Å². The standard InChI is InChI=1S/C31H40N4O4/c1-30(2)14-24(30)29(37)35-19-31(20-35)18-34(17-22-8-7-13-39-22)16-21(31)15-32-28(36)26-11-6-10-25(33-26)23-9-4-5-12-27(23)38-3/h4-6,9-12,21-22,24H,7-8,13-20H2,1-3H3,(H,32,36)/t21-,22?,24-/m1/s1. The molecule has 2 aromatic rings. The van der Waals surface area contributed by atoms with Gasteiger partial charge in [-0.15, -0.1) is 0 Å². The molecule has 1 spiro atoms. The van der Waals surface area contributed by atoms with Gasteiger partial charge in [-0.25, -0.2) is 4.98 Å². The summed E-state index contributed by atoms with van der Waals surface area (Å²) in [5, 5.41) is 3.18. The van der Waals surface area contributed by atoms with Crippen molar-refractivity contribution in [1.82, 2.24) is 20.1 Å². The summed E-state index contributed by atoms with van der Waals surface area (Å²) in [7, 11) is 1.63. The lowest BCUT2D eigenvalue weighted by Crippen LogP contribution is -2.63. The number of ether oxygens (including phenoxy) is 2. The minimum Gasteiger partial charge on any atom is -0.496 e. The third kappa shape index (κ3) is 5.16. The topological polar surface area (TPSA) is 84.0 Å². The second-order valence-corrected chi connectivity index (χ2v) is 12.6. The maximum absolute atomic E-state index is 13.3. The van der Waals surface area contributed by atoms with Gasteiger partial charge in [0.25, 0.3) is 5.91 Å². The molecule has 1 aliphatic carbocycles. The van der Waals surface area contributed by atoms with Gasteiger partial charge in [0.2, 0.25) is 5.91 Å². The highest BCUT2D eigenvalue weighted by Crippen LogP contribution is 2.54. The van der Waals surface area contributed by atoms with Crippen LogP contribution in [0, 0.1) is 22.7 Å². The van der Waals surface area contributed by atoms with E-state index in [1.807, 2.05) is 36.4 Å². The monoisotopic (exact) mass is 532 g/mol. The number of carbonyl (C=O) groups excluding carboxylic acids is 2. The lowest BCUT2D eigenvalue weighted by atomic mass is 9.71.